The van der Waals surface area contributed by atoms with E-state index in [1.807, 2.05) is 0 Å². The molecule has 0 aliphatic heterocycles. The van der Waals surface area contributed by atoms with Crippen LogP contribution in [0.3, 0.4) is 0 Å². The summed E-state index contributed by atoms with van der Waals surface area (Å²) in [4.78, 5) is 23.0. The van der Waals surface area contributed by atoms with Gasteiger partial charge in [0.15, 0.2) is 11.0 Å². The van der Waals surface area contributed by atoms with E-state index in [0.717, 1.165) is 0 Å². The van der Waals surface area contributed by atoms with Crippen LogP contribution in [0.1, 0.15) is 37.2 Å². The molecule has 17 heavy (non-hydrogen) atoms. The van der Waals surface area contributed by atoms with Gasteiger partial charge in [0.2, 0.25) is 0 Å². The number of carboxylic acid groups (broad SMARTS) is 1. The Hall–Kier alpha value is -1.49. The zero-order valence-electron chi connectivity index (χ0n) is 9.62. The quantitative estimate of drug-likeness (QED) is 0.850. The van der Waals surface area contributed by atoms with Crippen molar-refractivity contribution in [3.05, 3.63) is 23.1 Å². The number of amides is 1. The normalized spacial score (nSPS) is 11.2. The third-order valence-electron chi connectivity index (χ3n) is 2.77. The molecule has 94 valence electrons. The van der Waals surface area contributed by atoms with Crippen molar-refractivity contribution in [2.45, 2.75) is 32.2 Å². The Bertz CT molecular complexity index is 423. The molecule has 0 saturated carbocycles. The largest absolute Gasteiger partial charge is 0.480 e. The lowest BCUT2D eigenvalue weighted by Crippen LogP contribution is -2.53. The maximum atomic E-state index is 11.8. The van der Waals surface area contributed by atoms with Gasteiger partial charge in [0, 0.05) is 0 Å². The molecule has 0 saturated heterocycles. The highest BCUT2D eigenvalue weighted by Crippen LogP contribution is 2.18. The highest BCUT2D eigenvalue weighted by atomic mass is 35.5. The molecule has 0 fully saturated rings. The van der Waals surface area contributed by atoms with Gasteiger partial charge in [-0.3, -0.25) is 4.79 Å². The number of hydrogen-bond donors (Lipinski definition) is 2. The summed E-state index contributed by atoms with van der Waals surface area (Å²) in [5.74, 6) is -1.64. The number of carboxylic acids is 1. The van der Waals surface area contributed by atoms with Crippen LogP contribution in [0.4, 0.5) is 0 Å². The van der Waals surface area contributed by atoms with Gasteiger partial charge in [0.25, 0.3) is 5.91 Å². The van der Waals surface area contributed by atoms with Crippen LogP contribution in [0.25, 0.3) is 0 Å². The summed E-state index contributed by atoms with van der Waals surface area (Å²) in [6.45, 7) is 3.40. The first-order chi connectivity index (χ1) is 7.95. The predicted octanol–water partition coefficient (Wildman–Crippen LogP) is 2.31. The van der Waals surface area contributed by atoms with Crippen LogP contribution in [0, 0.1) is 0 Å². The first-order valence-electron chi connectivity index (χ1n) is 5.26. The standard InChI is InChI=1S/C11H14ClNO4/c1-3-11(4-2,10(15)16)13-9(14)7-5-6-8(12)17-7/h5-6H,3-4H2,1-2H3,(H,13,14)(H,15,16). The topological polar surface area (TPSA) is 79.5 Å². The molecule has 1 heterocycles. The molecule has 0 unspecified atom stereocenters. The van der Waals surface area contributed by atoms with E-state index in [9.17, 15) is 9.59 Å². The van der Waals surface area contributed by atoms with E-state index in [0.29, 0.717) is 12.8 Å². The number of halogens is 1. The van der Waals surface area contributed by atoms with Crippen LogP contribution in [-0.2, 0) is 4.79 Å². The first kappa shape index (κ1) is 13.6. The summed E-state index contributed by atoms with van der Waals surface area (Å²) in [5, 5.41) is 11.7. The zero-order chi connectivity index (χ0) is 13.1. The summed E-state index contributed by atoms with van der Waals surface area (Å²) >= 11 is 5.54. The number of carbonyl (C=O) groups excluding carboxylic acids is 1. The number of hydrogen-bond acceptors (Lipinski definition) is 3. The molecule has 1 rings (SSSR count). The lowest BCUT2D eigenvalue weighted by Gasteiger charge is -2.27. The molecule has 0 aliphatic carbocycles. The van der Waals surface area contributed by atoms with E-state index in [4.69, 9.17) is 21.1 Å². The van der Waals surface area contributed by atoms with E-state index in [2.05, 4.69) is 5.32 Å². The number of nitrogens with one attached hydrogen (secondary N) is 1. The van der Waals surface area contributed by atoms with Crippen molar-refractivity contribution in [3.63, 3.8) is 0 Å². The van der Waals surface area contributed by atoms with E-state index in [1.165, 1.54) is 12.1 Å². The minimum absolute atomic E-state index is 0.00234. The summed E-state index contributed by atoms with van der Waals surface area (Å²) in [6.07, 6.45) is 0.581. The second-order valence-electron chi connectivity index (χ2n) is 3.65. The molecule has 0 aliphatic rings. The Morgan fingerprint density at radius 1 is 1.41 bits per heavy atom. The van der Waals surface area contributed by atoms with E-state index >= 15 is 0 Å². The van der Waals surface area contributed by atoms with Gasteiger partial charge < -0.3 is 14.8 Å². The van der Waals surface area contributed by atoms with E-state index in [-0.39, 0.29) is 11.0 Å². The van der Waals surface area contributed by atoms with Crippen molar-refractivity contribution < 1.29 is 19.1 Å². The minimum atomic E-state index is -1.27. The Morgan fingerprint density at radius 2 is 2.00 bits per heavy atom. The van der Waals surface area contributed by atoms with Crippen LogP contribution in [-0.4, -0.2) is 22.5 Å². The van der Waals surface area contributed by atoms with Crippen molar-refractivity contribution >= 4 is 23.5 Å². The smallest absolute Gasteiger partial charge is 0.329 e. The fourth-order valence-electron chi connectivity index (χ4n) is 1.50. The van der Waals surface area contributed by atoms with Gasteiger partial charge in [-0.2, -0.15) is 0 Å². The summed E-state index contributed by atoms with van der Waals surface area (Å²) < 4.78 is 4.92. The predicted molar refractivity (Wildman–Crippen MR) is 62.1 cm³/mol. The molecule has 2 N–H and O–H groups in total. The average molecular weight is 260 g/mol. The van der Waals surface area contributed by atoms with Gasteiger partial charge in [0.05, 0.1) is 0 Å². The maximum absolute atomic E-state index is 11.8. The van der Waals surface area contributed by atoms with Crippen molar-refractivity contribution in [2.75, 3.05) is 0 Å². The monoisotopic (exact) mass is 259 g/mol. The molecule has 0 aromatic carbocycles. The second kappa shape index (κ2) is 5.23. The summed E-state index contributed by atoms with van der Waals surface area (Å²) in [5.41, 5.74) is -1.27. The lowest BCUT2D eigenvalue weighted by molar-refractivity contribution is -0.144. The van der Waals surface area contributed by atoms with Gasteiger partial charge >= 0.3 is 5.97 Å². The van der Waals surface area contributed by atoms with Gasteiger partial charge in [-0.1, -0.05) is 13.8 Å². The molecule has 1 aromatic heterocycles. The van der Waals surface area contributed by atoms with Crippen LogP contribution in [0.5, 0.6) is 0 Å². The molecular weight excluding hydrogens is 246 g/mol. The zero-order valence-corrected chi connectivity index (χ0v) is 10.4. The van der Waals surface area contributed by atoms with Crippen LogP contribution >= 0.6 is 11.6 Å². The number of rotatable bonds is 5. The molecule has 0 atom stereocenters. The Labute approximate surface area is 104 Å². The van der Waals surface area contributed by atoms with Crippen LogP contribution in [0.15, 0.2) is 16.5 Å². The van der Waals surface area contributed by atoms with E-state index < -0.39 is 17.4 Å². The van der Waals surface area contributed by atoms with Gasteiger partial charge in [-0.25, -0.2) is 4.79 Å². The van der Waals surface area contributed by atoms with Gasteiger partial charge in [-0.15, -0.1) is 0 Å². The highest BCUT2D eigenvalue weighted by molar-refractivity contribution is 6.29. The third kappa shape index (κ3) is 2.79. The summed E-state index contributed by atoms with van der Waals surface area (Å²) in [7, 11) is 0. The Balaban J connectivity index is 2.88. The van der Waals surface area contributed by atoms with Gasteiger partial charge in [0.1, 0.15) is 5.54 Å². The van der Waals surface area contributed by atoms with Crippen molar-refractivity contribution in [1.82, 2.24) is 5.32 Å². The average Bonchev–Trinajstić information content (AvgIpc) is 2.72. The third-order valence-corrected chi connectivity index (χ3v) is 2.97. The molecule has 0 spiro atoms. The van der Waals surface area contributed by atoms with Crippen molar-refractivity contribution in [3.8, 4) is 0 Å². The minimum Gasteiger partial charge on any atom is -0.480 e. The van der Waals surface area contributed by atoms with Crippen molar-refractivity contribution in [2.24, 2.45) is 0 Å². The second-order valence-corrected chi connectivity index (χ2v) is 4.02. The molecule has 6 heteroatoms. The maximum Gasteiger partial charge on any atom is 0.329 e. The molecule has 0 bridgehead atoms. The van der Waals surface area contributed by atoms with Gasteiger partial charge in [-0.05, 0) is 36.6 Å². The number of aliphatic carboxylic acids is 1. The fraction of sp³-hybridized carbons (Fsp3) is 0.455. The molecule has 1 amide bonds. The SMILES string of the molecule is CCC(CC)(NC(=O)c1ccc(Cl)o1)C(=O)O. The van der Waals surface area contributed by atoms with Crippen LogP contribution < -0.4 is 5.32 Å². The summed E-state index contributed by atoms with van der Waals surface area (Å²) in [6, 6.07) is 2.83. The molecular formula is C11H14ClNO4. The van der Waals surface area contributed by atoms with Crippen molar-refractivity contribution in [1.29, 1.82) is 0 Å². The Kier molecular flexibility index (Phi) is 4.17. The molecule has 1 aromatic rings. The van der Waals surface area contributed by atoms with E-state index in [1.54, 1.807) is 13.8 Å². The highest BCUT2D eigenvalue weighted by Gasteiger charge is 2.37. The fourth-order valence-corrected chi connectivity index (χ4v) is 1.64. The molecule has 0 radical (unpaired) electrons. The number of carbonyl (C=O) groups is 2. The first-order valence-corrected chi connectivity index (χ1v) is 5.64. The molecule has 5 nitrogen and oxygen atoms in total. The lowest BCUT2D eigenvalue weighted by atomic mass is 9.93. The number of furan rings is 1. The Morgan fingerprint density at radius 3 is 2.35 bits per heavy atom. The van der Waals surface area contributed by atoms with Crippen LogP contribution in [0.2, 0.25) is 5.22 Å².